The highest BCUT2D eigenvalue weighted by Gasteiger charge is 2.30. The normalized spacial score (nSPS) is 15.6. The molecule has 1 aliphatic rings. The van der Waals surface area contributed by atoms with Gasteiger partial charge < -0.3 is 10.0 Å². The van der Waals surface area contributed by atoms with Crippen LogP contribution in [0.3, 0.4) is 0 Å². The van der Waals surface area contributed by atoms with E-state index >= 15 is 0 Å². The number of nitrogens with zero attached hydrogens (tertiary/aromatic N) is 3. The highest BCUT2D eigenvalue weighted by molar-refractivity contribution is 6.29. The lowest BCUT2D eigenvalue weighted by Gasteiger charge is -2.20. The lowest BCUT2D eigenvalue weighted by atomic mass is 10.1. The van der Waals surface area contributed by atoms with Crippen molar-refractivity contribution >= 4 is 29.3 Å². The molecule has 0 fully saturated rings. The van der Waals surface area contributed by atoms with Gasteiger partial charge in [0.15, 0.2) is 0 Å². The summed E-state index contributed by atoms with van der Waals surface area (Å²) in [6.07, 6.45) is 1.66. The average molecular weight is 335 g/mol. The summed E-state index contributed by atoms with van der Waals surface area (Å²) in [7, 11) is 0. The SMILES string of the molecule is CCN(CC)c1ccc(/C=C2/C(=O)N(c3ccccc3)N=C2O)cc1. The number of para-hydroxylation sites is 1. The highest BCUT2D eigenvalue weighted by atomic mass is 16.3. The van der Waals surface area contributed by atoms with E-state index in [-0.39, 0.29) is 17.4 Å². The average Bonchev–Trinajstić information content (AvgIpc) is 2.93. The molecular formula is C20H21N3O2. The molecule has 0 spiro atoms. The molecule has 2 aromatic carbocycles. The van der Waals surface area contributed by atoms with Crippen LogP contribution in [0.1, 0.15) is 19.4 Å². The molecule has 3 rings (SSSR count). The molecule has 0 saturated carbocycles. The monoisotopic (exact) mass is 335 g/mol. The standard InChI is InChI=1S/C20H21N3O2/c1-3-22(4-2)16-12-10-15(11-13-16)14-18-19(24)21-23(20(18)25)17-8-6-5-7-9-17/h5-14H,3-4H2,1-2H3,(H,21,24)/b18-14+. The van der Waals surface area contributed by atoms with Crippen molar-refractivity contribution in [2.45, 2.75) is 13.8 Å². The molecular weight excluding hydrogens is 314 g/mol. The lowest BCUT2D eigenvalue weighted by molar-refractivity contribution is -0.114. The maximum absolute atomic E-state index is 12.6. The number of amides is 1. The molecule has 0 radical (unpaired) electrons. The van der Waals surface area contributed by atoms with Crippen LogP contribution in [0.2, 0.25) is 0 Å². The number of aliphatic hydroxyl groups excluding tert-OH is 1. The fraction of sp³-hybridized carbons (Fsp3) is 0.200. The zero-order valence-electron chi connectivity index (χ0n) is 14.4. The van der Waals surface area contributed by atoms with Crippen LogP contribution in [0, 0.1) is 0 Å². The highest BCUT2D eigenvalue weighted by Crippen LogP contribution is 2.24. The van der Waals surface area contributed by atoms with Crippen LogP contribution >= 0.6 is 0 Å². The van der Waals surface area contributed by atoms with E-state index in [1.165, 1.54) is 5.01 Å². The summed E-state index contributed by atoms with van der Waals surface area (Å²) >= 11 is 0. The predicted molar refractivity (Wildman–Crippen MR) is 102 cm³/mol. The maximum Gasteiger partial charge on any atom is 0.284 e. The lowest BCUT2D eigenvalue weighted by Crippen LogP contribution is -2.21. The van der Waals surface area contributed by atoms with Gasteiger partial charge in [-0.3, -0.25) is 4.79 Å². The first-order valence-electron chi connectivity index (χ1n) is 8.38. The van der Waals surface area contributed by atoms with Gasteiger partial charge in [-0.25, -0.2) is 0 Å². The Morgan fingerprint density at radius 2 is 1.68 bits per heavy atom. The van der Waals surface area contributed by atoms with E-state index in [0.29, 0.717) is 5.69 Å². The smallest absolute Gasteiger partial charge is 0.284 e. The Kier molecular flexibility index (Phi) is 4.84. The number of carbonyl (C=O) groups is 1. The van der Waals surface area contributed by atoms with Crippen LogP contribution in [0.5, 0.6) is 0 Å². The van der Waals surface area contributed by atoms with Crippen LogP contribution in [0.25, 0.3) is 6.08 Å². The summed E-state index contributed by atoms with van der Waals surface area (Å²) in [6.45, 7) is 6.11. The van der Waals surface area contributed by atoms with Gasteiger partial charge in [0.1, 0.15) is 5.57 Å². The minimum absolute atomic E-state index is 0.194. The van der Waals surface area contributed by atoms with Crippen LogP contribution in [0.15, 0.2) is 65.3 Å². The van der Waals surface area contributed by atoms with E-state index in [4.69, 9.17) is 0 Å². The fourth-order valence-corrected chi connectivity index (χ4v) is 2.81. The fourth-order valence-electron chi connectivity index (χ4n) is 2.81. The molecule has 1 N–H and O–H groups in total. The summed E-state index contributed by atoms with van der Waals surface area (Å²) in [5.41, 5.74) is 2.79. The van der Waals surface area contributed by atoms with Gasteiger partial charge in [0, 0.05) is 18.8 Å². The number of anilines is 2. The molecule has 0 unspecified atom stereocenters. The van der Waals surface area contributed by atoms with E-state index in [0.717, 1.165) is 24.3 Å². The van der Waals surface area contributed by atoms with Gasteiger partial charge in [0.25, 0.3) is 5.91 Å². The predicted octanol–water partition coefficient (Wildman–Crippen LogP) is 3.83. The second-order valence-corrected chi connectivity index (χ2v) is 5.70. The van der Waals surface area contributed by atoms with Gasteiger partial charge >= 0.3 is 0 Å². The second-order valence-electron chi connectivity index (χ2n) is 5.70. The van der Waals surface area contributed by atoms with Crippen molar-refractivity contribution in [3.63, 3.8) is 0 Å². The van der Waals surface area contributed by atoms with Gasteiger partial charge in [0.05, 0.1) is 5.69 Å². The third kappa shape index (κ3) is 3.40. The van der Waals surface area contributed by atoms with E-state index < -0.39 is 0 Å². The van der Waals surface area contributed by atoms with E-state index in [1.807, 2.05) is 42.5 Å². The van der Waals surface area contributed by atoms with Crippen molar-refractivity contribution in [2.24, 2.45) is 5.10 Å². The molecule has 1 heterocycles. The Bertz CT molecular complexity index is 807. The zero-order valence-corrected chi connectivity index (χ0v) is 14.4. The molecule has 1 amide bonds. The van der Waals surface area contributed by atoms with E-state index in [1.54, 1.807) is 18.2 Å². The first kappa shape index (κ1) is 16.8. The van der Waals surface area contributed by atoms with Gasteiger partial charge in [-0.1, -0.05) is 30.3 Å². The Morgan fingerprint density at radius 1 is 1.04 bits per heavy atom. The number of carbonyl (C=O) groups excluding carboxylic acids is 1. The van der Waals surface area contributed by atoms with E-state index in [9.17, 15) is 9.90 Å². The Labute approximate surface area is 147 Å². The van der Waals surface area contributed by atoms with Crippen molar-refractivity contribution in [3.8, 4) is 0 Å². The van der Waals surface area contributed by atoms with Crippen LogP contribution < -0.4 is 9.91 Å². The molecule has 128 valence electrons. The van der Waals surface area contributed by atoms with Gasteiger partial charge in [-0.2, -0.15) is 5.01 Å². The van der Waals surface area contributed by atoms with Gasteiger partial charge in [0.2, 0.25) is 5.90 Å². The van der Waals surface area contributed by atoms with Crippen molar-refractivity contribution < 1.29 is 9.90 Å². The first-order chi connectivity index (χ1) is 12.1. The minimum atomic E-state index is -0.337. The molecule has 25 heavy (non-hydrogen) atoms. The van der Waals surface area contributed by atoms with Gasteiger partial charge in [-0.15, -0.1) is 5.10 Å². The largest absolute Gasteiger partial charge is 0.492 e. The minimum Gasteiger partial charge on any atom is -0.492 e. The molecule has 0 aromatic heterocycles. The topological polar surface area (TPSA) is 56.1 Å². The molecule has 5 heteroatoms. The Hall–Kier alpha value is -3.08. The third-order valence-electron chi connectivity index (χ3n) is 4.19. The third-order valence-corrected chi connectivity index (χ3v) is 4.19. The number of hydrazone groups is 1. The number of rotatable bonds is 5. The molecule has 1 aliphatic heterocycles. The van der Waals surface area contributed by atoms with Crippen molar-refractivity contribution in [1.29, 1.82) is 0 Å². The molecule has 0 saturated heterocycles. The Balaban J connectivity index is 1.84. The van der Waals surface area contributed by atoms with Crippen molar-refractivity contribution in [2.75, 3.05) is 23.0 Å². The van der Waals surface area contributed by atoms with Crippen molar-refractivity contribution in [1.82, 2.24) is 0 Å². The quantitative estimate of drug-likeness (QED) is 0.845. The summed E-state index contributed by atoms with van der Waals surface area (Å²) < 4.78 is 0. The molecule has 5 nitrogen and oxygen atoms in total. The summed E-state index contributed by atoms with van der Waals surface area (Å²) in [5.74, 6) is -0.599. The molecule has 0 aliphatic carbocycles. The summed E-state index contributed by atoms with van der Waals surface area (Å²) in [6, 6.07) is 17.0. The number of benzene rings is 2. The number of aliphatic hydroxyl groups is 1. The van der Waals surface area contributed by atoms with Crippen LogP contribution in [0.4, 0.5) is 11.4 Å². The van der Waals surface area contributed by atoms with Crippen LogP contribution in [-0.2, 0) is 4.79 Å². The second kappa shape index (κ2) is 7.21. The van der Waals surface area contributed by atoms with Crippen molar-refractivity contribution in [3.05, 3.63) is 65.7 Å². The van der Waals surface area contributed by atoms with Gasteiger partial charge in [-0.05, 0) is 49.8 Å². The molecule has 2 aromatic rings. The maximum atomic E-state index is 12.6. The summed E-state index contributed by atoms with van der Waals surface area (Å²) in [5, 5.41) is 15.3. The Morgan fingerprint density at radius 3 is 2.28 bits per heavy atom. The number of hydrogen-bond donors (Lipinski definition) is 1. The van der Waals surface area contributed by atoms with Crippen LogP contribution in [-0.4, -0.2) is 30.0 Å². The first-order valence-corrected chi connectivity index (χ1v) is 8.38. The molecule has 0 bridgehead atoms. The summed E-state index contributed by atoms with van der Waals surface area (Å²) in [4.78, 5) is 14.8. The zero-order chi connectivity index (χ0) is 17.8. The number of hydrogen-bond acceptors (Lipinski definition) is 3. The molecule has 0 atom stereocenters. The van der Waals surface area contributed by atoms with E-state index in [2.05, 4.69) is 23.8 Å².